The zero-order valence-electron chi connectivity index (χ0n) is 11.4. The van der Waals surface area contributed by atoms with Crippen molar-refractivity contribution in [2.24, 2.45) is 0 Å². The van der Waals surface area contributed by atoms with Gasteiger partial charge in [-0.2, -0.15) is 0 Å². The highest BCUT2D eigenvalue weighted by atomic mass is 16.2. The van der Waals surface area contributed by atoms with Crippen LogP contribution in [0.4, 0.5) is 4.79 Å². The number of hydrogen-bond acceptors (Lipinski definition) is 3. The Morgan fingerprint density at radius 2 is 1.82 bits per heavy atom. The number of nitrogens with one attached hydrogen (secondary N) is 3. The molecule has 0 saturated carbocycles. The van der Waals surface area contributed by atoms with Gasteiger partial charge < -0.3 is 20.5 Å². The zero-order chi connectivity index (χ0) is 13.6. The average molecular weight is 239 g/mol. The van der Waals surface area contributed by atoms with Gasteiger partial charge in [0, 0.05) is 12.5 Å². The van der Waals surface area contributed by atoms with Gasteiger partial charge in [-0.05, 0) is 34.6 Å². The molecule has 8 heteroatoms. The van der Waals surface area contributed by atoms with Crippen molar-refractivity contribution < 1.29 is 9.59 Å². The Labute approximate surface area is 104 Å². The molecular weight excluding hydrogens is 218 g/mol. The molecule has 0 rings (SSSR count). The first-order chi connectivity index (χ1) is 7.63. The quantitative estimate of drug-likeness (QED) is 0.595. The van der Waals surface area contributed by atoms with Crippen molar-refractivity contribution >= 4 is 26.5 Å². The largest absolute Gasteiger partial charge is 0.375 e. The summed E-state index contributed by atoms with van der Waals surface area (Å²) in [7, 11) is 3.11. The predicted molar refractivity (Wildman–Crippen MR) is 70.4 cm³/mol. The summed E-state index contributed by atoms with van der Waals surface area (Å²) < 4.78 is 0. The molecule has 0 heterocycles. The van der Waals surface area contributed by atoms with E-state index < -0.39 is 0 Å². The van der Waals surface area contributed by atoms with Crippen LogP contribution in [0.1, 0.15) is 27.7 Å². The lowest BCUT2D eigenvalue weighted by molar-refractivity contribution is -0.123. The molecule has 0 aliphatic rings. The van der Waals surface area contributed by atoms with Gasteiger partial charge in [-0.3, -0.25) is 9.59 Å². The van der Waals surface area contributed by atoms with E-state index in [1.807, 2.05) is 20.8 Å². The van der Waals surface area contributed by atoms with Gasteiger partial charge in [0.1, 0.15) is 0 Å². The number of carbonyl (C=O) groups is 2. The lowest BCUT2D eigenvalue weighted by Gasteiger charge is -2.22. The smallest absolute Gasteiger partial charge is 0.371 e. The number of urea groups is 1. The van der Waals surface area contributed by atoms with E-state index >= 15 is 0 Å². The molecular formula is C9H21B2N4O2. The number of hydrogen-bond donors (Lipinski definition) is 3. The van der Waals surface area contributed by atoms with Crippen LogP contribution in [-0.4, -0.2) is 43.9 Å². The van der Waals surface area contributed by atoms with Crippen molar-refractivity contribution in [2.75, 3.05) is 7.05 Å². The van der Waals surface area contributed by atoms with Crippen molar-refractivity contribution in [3.8, 4) is 0 Å². The maximum Gasteiger partial charge on any atom is 0.375 e. The van der Waals surface area contributed by atoms with Crippen molar-refractivity contribution in [3.63, 3.8) is 0 Å². The fourth-order valence-electron chi connectivity index (χ4n) is 0.919. The standard InChI is InChI=1S/C9H21B2N4O2/c1-7(16)15(6)11(5)13-8(17)12-10-14-9(2,3)4/h14H,1-6H3,(H2,12,13,17). The van der Waals surface area contributed by atoms with E-state index in [1.54, 1.807) is 13.9 Å². The second-order valence-corrected chi connectivity index (χ2v) is 4.96. The summed E-state index contributed by atoms with van der Waals surface area (Å²) in [6, 6.07) is -0.359. The summed E-state index contributed by atoms with van der Waals surface area (Å²) in [5.74, 6) is -0.102. The minimum atomic E-state index is -0.359. The third-order valence-electron chi connectivity index (χ3n) is 2.13. The zero-order valence-corrected chi connectivity index (χ0v) is 11.4. The van der Waals surface area contributed by atoms with Gasteiger partial charge in [-0.1, -0.05) is 0 Å². The van der Waals surface area contributed by atoms with Crippen LogP contribution in [0.2, 0.25) is 6.82 Å². The molecule has 0 aromatic carbocycles. The second-order valence-electron chi connectivity index (χ2n) is 4.96. The molecule has 0 unspecified atom stereocenters. The Hall–Kier alpha value is -1.17. The monoisotopic (exact) mass is 239 g/mol. The number of amides is 3. The summed E-state index contributed by atoms with van der Waals surface area (Å²) >= 11 is 0. The van der Waals surface area contributed by atoms with Crippen molar-refractivity contribution in [2.45, 2.75) is 40.1 Å². The highest BCUT2D eigenvalue weighted by molar-refractivity contribution is 6.57. The lowest BCUT2D eigenvalue weighted by Crippen LogP contribution is -2.56. The number of nitrogens with zero attached hydrogens (tertiary/aromatic N) is 1. The van der Waals surface area contributed by atoms with E-state index in [9.17, 15) is 9.59 Å². The van der Waals surface area contributed by atoms with Gasteiger partial charge >= 0.3 is 14.5 Å². The van der Waals surface area contributed by atoms with Gasteiger partial charge in [0.25, 0.3) is 6.03 Å². The molecule has 1 radical (unpaired) electrons. The van der Waals surface area contributed by atoms with E-state index in [-0.39, 0.29) is 24.5 Å². The van der Waals surface area contributed by atoms with Crippen molar-refractivity contribution in [3.05, 3.63) is 0 Å². The Kier molecular flexibility index (Phi) is 6.09. The second kappa shape index (κ2) is 6.54. The SMILES string of the molecule is CB(NC(=O)N[B]NC(C)(C)C)N(C)C(C)=O. The fraction of sp³-hybridized carbons (Fsp3) is 0.778. The van der Waals surface area contributed by atoms with Crippen LogP contribution in [-0.2, 0) is 4.79 Å². The first-order valence-corrected chi connectivity index (χ1v) is 5.53. The third-order valence-corrected chi connectivity index (χ3v) is 2.13. The first-order valence-electron chi connectivity index (χ1n) is 5.53. The van der Waals surface area contributed by atoms with Gasteiger partial charge in [-0.15, -0.1) is 0 Å². The number of rotatable bonds is 4. The minimum Gasteiger partial charge on any atom is -0.371 e. The van der Waals surface area contributed by atoms with Crippen LogP contribution in [0.3, 0.4) is 0 Å². The normalized spacial score (nSPS) is 10.5. The van der Waals surface area contributed by atoms with Crippen LogP contribution in [0.5, 0.6) is 0 Å². The molecule has 17 heavy (non-hydrogen) atoms. The summed E-state index contributed by atoms with van der Waals surface area (Å²) in [5, 5.41) is 8.17. The summed E-state index contributed by atoms with van der Waals surface area (Å²) in [6.07, 6.45) is 0. The molecule has 0 atom stereocenters. The Bertz CT molecular complexity index is 281. The molecule has 0 aromatic heterocycles. The van der Waals surface area contributed by atoms with Gasteiger partial charge in [0.15, 0.2) is 0 Å². The average Bonchev–Trinajstić information content (AvgIpc) is 2.13. The Balaban J connectivity index is 3.91. The maximum atomic E-state index is 11.4. The Morgan fingerprint density at radius 3 is 2.24 bits per heavy atom. The molecule has 0 fully saturated rings. The van der Waals surface area contributed by atoms with Crippen LogP contribution in [0.25, 0.3) is 0 Å². The van der Waals surface area contributed by atoms with Gasteiger partial charge in [-0.25, -0.2) is 0 Å². The van der Waals surface area contributed by atoms with Crippen LogP contribution in [0.15, 0.2) is 0 Å². The molecule has 0 saturated heterocycles. The highest BCUT2D eigenvalue weighted by Gasteiger charge is 2.20. The van der Waals surface area contributed by atoms with E-state index in [0.717, 1.165) is 0 Å². The van der Waals surface area contributed by atoms with Crippen LogP contribution >= 0.6 is 0 Å². The number of carbonyl (C=O) groups excluding carboxylic acids is 2. The molecule has 3 N–H and O–H groups in total. The predicted octanol–water partition coefficient (Wildman–Crippen LogP) is -0.196. The third kappa shape index (κ3) is 7.68. The summed E-state index contributed by atoms with van der Waals surface area (Å²) in [5.41, 5.74) is -0.102. The van der Waals surface area contributed by atoms with Crippen molar-refractivity contribution in [1.82, 2.24) is 20.5 Å². The topological polar surface area (TPSA) is 73.5 Å². The maximum absolute atomic E-state index is 11.4. The van der Waals surface area contributed by atoms with E-state index in [4.69, 9.17) is 0 Å². The Morgan fingerprint density at radius 1 is 1.29 bits per heavy atom. The van der Waals surface area contributed by atoms with Gasteiger partial charge in [0.2, 0.25) is 5.91 Å². The molecule has 0 aliphatic heterocycles. The van der Waals surface area contributed by atoms with Crippen molar-refractivity contribution in [1.29, 1.82) is 0 Å². The van der Waals surface area contributed by atoms with Crippen LogP contribution in [0, 0.1) is 0 Å². The van der Waals surface area contributed by atoms with Crippen LogP contribution < -0.4 is 15.7 Å². The molecule has 95 valence electrons. The first kappa shape index (κ1) is 15.8. The van der Waals surface area contributed by atoms with E-state index in [2.05, 4.69) is 15.7 Å². The van der Waals surface area contributed by atoms with E-state index in [0.29, 0.717) is 0 Å². The fourth-order valence-corrected chi connectivity index (χ4v) is 0.919. The molecule has 3 amide bonds. The summed E-state index contributed by atoms with van der Waals surface area (Å²) in [4.78, 5) is 23.9. The highest BCUT2D eigenvalue weighted by Crippen LogP contribution is 1.95. The molecule has 0 aliphatic carbocycles. The molecule has 0 bridgehead atoms. The molecule has 6 nitrogen and oxygen atoms in total. The van der Waals surface area contributed by atoms with E-state index in [1.165, 1.54) is 19.3 Å². The molecule has 0 spiro atoms. The lowest BCUT2D eigenvalue weighted by atomic mass is 9.78. The van der Waals surface area contributed by atoms with Gasteiger partial charge in [0.05, 0.1) is 0 Å². The molecule has 0 aromatic rings. The minimum absolute atomic E-state index is 0.102. The summed E-state index contributed by atoms with van der Waals surface area (Å²) in [6.45, 7) is 8.77.